The van der Waals surface area contributed by atoms with Gasteiger partial charge in [-0.05, 0) is 62.1 Å². The van der Waals surface area contributed by atoms with Gasteiger partial charge in [0.25, 0.3) is 10.0 Å². The van der Waals surface area contributed by atoms with Crippen LogP contribution in [0.15, 0.2) is 51.9 Å². The number of para-hydroxylation sites is 1. The molecule has 1 heterocycles. The highest BCUT2D eigenvalue weighted by atomic mass is 32.2. The Hall–Kier alpha value is -2.80. The zero-order valence-corrected chi connectivity index (χ0v) is 17.5. The molecule has 0 fully saturated rings. The van der Waals surface area contributed by atoms with Crippen LogP contribution in [0, 0.1) is 20.8 Å². The molecule has 0 atom stereocenters. The summed E-state index contributed by atoms with van der Waals surface area (Å²) < 4.78 is 32.8. The van der Waals surface area contributed by atoms with Gasteiger partial charge in [-0.2, -0.15) is 0 Å². The van der Waals surface area contributed by atoms with Crippen LogP contribution in [0.1, 0.15) is 42.3 Å². The van der Waals surface area contributed by atoms with Gasteiger partial charge in [0.2, 0.25) is 0 Å². The predicted octanol–water partition coefficient (Wildman–Crippen LogP) is 5.27. The van der Waals surface area contributed by atoms with E-state index in [0.29, 0.717) is 17.3 Å². The summed E-state index contributed by atoms with van der Waals surface area (Å²) in [5.74, 6) is 0.660. The maximum absolute atomic E-state index is 12.6. The first-order valence-corrected chi connectivity index (χ1v) is 10.6. The van der Waals surface area contributed by atoms with Crippen molar-refractivity contribution in [3.05, 3.63) is 65.0 Å². The van der Waals surface area contributed by atoms with Gasteiger partial charge in [0.1, 0.15) is 5.69 Å². The van der Waals surface area contributed by atoms with Gasteiger partial charge in [0.15, 0.2) is 10.7 Å². The van der Waals surface area contributed by atoms with E-state index in [1.807, 2.05) is 12.1 Å². The number of aromatic nitrogens is 1. The average Bonchev–Trinajstić information content (AvgIpc) is 2.97. The van der Waals surface area contributed by atoms with Gasteiger partial charge < -0.3 is 9.84 Å². The molecule has 1 aromatic heterocycles. The topological polar surface area (TPSA) is 84.2 Å². The number of nitrogens with zero attached hydrogens (tertiary/aromatic N) is 1. The lowest BCUT2D eigenvalue weighted by molar-refractivity contribution is 0.390. The lowest BCUT2D eigenvalue weighted by Gasteiger charge is -2.17. The van der Waals surface area contributed by atoms with Gasteiger partial charge >= 0.3 is 0 Å². The van der Waals surface area contributed by atoms with E-state index in [-0.39, 0.29) is 10.7 Å². The number of nitrogens with one attached hydrogen (secondary N) is 2. The molecule has 0 unspecified atom stereocenters. The number of hydrogen-bond donors (Lipinski definition) is 2. The van der Waals surface area contributed by atoms with E-state index in [4.69, 9.17) is 4.52 Å². The van der Waals surface area contributed by atoms with Crippen LogP contribution in [0.2, 0.25) is 0 Å². The van der Waals surface area contributed by atoms with Crippen molar-refractivity contribution in [3.8, 4) is 0 Å². The van der Waals surface area contributed by atoms with E-state index in [1.165, 1.54) is 5.56 Å². The number of aryl methyl sites for hydroxylation is 3. The number of rotatable bonds is 6. The molecule has 6 nitrogen and oxygen atoms in total. The minimum absolute atomic E-state index is 0.0798. The maximum atomic E-state index is 12.6. The smallest absolute Gasteiger partial charge is 0.267 e. The molecule has 0 saturated heterocycles. The molecule has 148 valence electrons. The fourth-order valence-electron chi connectivity index (χ4n) is 3.17. The van der Waals surface area contributed by atoms with E-state index < -0.39 is 10.0 Å². The van der Waals surface area contributed by atoms with Crippen molar-refractivity contribution in [2.75, 3.05) is 10.0 Å². The first kappa shape index (κ1) is 19.9. The van der Waals surface area contributed by atoms with Gasteiger partial charge in [-0.15, -0.1) is 0 Å². The molecule has 28 heavy (non-hydrogen) atoms. The maximum Gasteiger partial charge on any atom is 0.267 e. The molecule has 0 bridgehead atoms. The van der Waals surface area contributed by atoms with E-state index in [9.17, 15) is 8.42 Å². The van der Waals surface area contributed by atoms with Crippen molar-refractivity contribution in [1.29, 1.82) is 0 Å². The quantitative estimate of drug-likeness (QED) is 0.590. The number of anilines is 3. The average molecular weight is 400 g/mol. The summed E-state index contributed by atoms with van der Waals surface area (Å²) in [6.07, 6.45) is 0. The summed E-state index contributed by atoms with van der Waals surface area (Å²) in [7, 11) is -3.75. The monoisotopic (exact) mass is 399 g/mol. The Balaban J connectivity index is 1.82. The molecule has 0 radical (unpaired) electrons. The van der Waals surface area contributed by atoms with Gasteiger partial charge in [0.05, 0.1) is 0 Å². The molecule has 7 heteroatoms. The van der Waals surface area contributed by atoms with Gasteiger partial charge in [-0.1, -0.05) is 37.2 Å². The second kappa shape index (κ2) is 7.67. The van der Waals surface area contributed by atoms with E-state index in [1.54, 1.807) is 26.0 Å². The van der Waals surface area contributed by atoms with Crippen molar-refractivity contribution >= 4 is 27.1 Å². The number of sulfonamides is 1. The zero-order chi connectivity index (χ0) is 20.5. The highest BCUT2D eigenvalue weighted by Gasteiger charge is 2.24. The van der Waals surface area contributed by atoms with Crippen LogP contribution in [0.3, 0.4) is 0 Å². The lowest BCUT2D eigenvalue weighted by atomic mass is 9.98. The fraction of sp³-hybridized carbons (Fsp3) is 0.286. The number of benzene rings is 2. The normalized spacial score (nSPS) is 11.6. The second-order valence-electron chi connectivity index (χ2n) is 7.15. The molecular weight excluding hydrogens is 374 g/mol. The Kier molecular flexibility index (Phi) is 5.47. The summed E-state index contributed by atoms with van der Waals surface area (Å²) >= 11 is 0. The standard InChI is InChI=1S/C21H25N3O3S/c1-13(2)19-8-6-7-14(3)20(19)22-17-9-11-18(12-10-17)24-28(25,26)21-15(4)23-27-16(21)5/h6-13,22,24H,1-5H3. The SMILES string of the molecule is Cc1cccc(C(C)C)c1Nc1ccc(NS(=O)(=O)c2c(C)noc2C)cc1. The Labute approximate surface area is 166 Å². The largest absolute Gasteiger partial charge is 0.360 e. The van der Waals surface area contributed by atoms with Crippen molar-refractivity contribution in [1.82, 2.24) is 5.16 Å². The van der Waals surface area contributed by atoms with Crippen LogP contribution in [0.25, 0.3) is 0 Å². The molecular formula is C21H25N3O3S. The van der Waals surface area contributed by atoms with Crippen molar-refractivity contribution in [2.24, 2.45) is 0 Å². The molecule has 0 aliphatic carbocycles. The lowest BCUT2D eigenvalue weighted by Crippen LogP contribution is -2.14. The number of hydrogen-bond acceptors (Lipinski definition) is 5. The van der Waals surface area contributed by atoms with Crippen molar-refractivity contribution < 1.29 is 12.9 Å². The van der Waals surface area contributed by atoms with Gasteiger partial charge in [-0.3, -0.25) is 4.72 Å². The molecule has 0 aliphatic rings. The van der Waals surface area contributed by atoms with E-state index >= 15 is 0 Å². The Morgan fingerprint density at radius 2 is 1.61 bits per heavy atom. The molecule has 2 N–H and O–H groups in total. The summed E-state index contributed by atoms with van der Waals surface area (Å²) in [6, 6.07) is 13.4. The Morgan fingerprint density at radius 3 is 2.18 bits per heavy atom. The van der Waals surface area contributed by atoms with Crippen molar-refractivity contribution in [3.63, 3.8) is 0 Å². The minimum Gasteiger partial charge on any atom is -0.360 e. The van der Waals surface area contributed by atoms with Crippen LogP contribution in [-0.4, -0.2) is 13.6 Å². The molecule has 0 aliphatic heterocycles. The highest BCUT2D eigenvalue weighted by Crippen LogP contribution is 2.31. The van der Waals surface area contributed by atoms with E-state index in [2.05, 4.69) is 54.2 Å². The Bertz CT molecular complexity index is 1070. The summed E-state index contributed by atoms with van der Waals surface area (Å²) in [6.45, 7) is 9.57. The molecule has 3 rings (SSSR count). The fourth-order valence-corrected chi connectivity index (χ4v) is 4.56. The summed E-state index contributed by atoms with van der Waals surface area (Å²) in [5.41, 5.74) is 5.18. The Morgan fingerprint density at radius 1 is 0.964 bits per heavy atom. The van der Waals surface area contributed by atoms with Crippen LogP contribution >= 0.6 is 0 Å². The van der Waals surface area contributed by atoms with Crippen LogP contribution in [0.5, 0.6) is 0 Å². The molecule has 0 spiro atoms. The van der Waals surface area contributed by atoms with Crippen LogP contribution in [-0.2, 0) is 10.0 Å². The van der Waals surface area contributed by atoms with Gasteiger partial charge in [0, 0.05) is 17.1 Å². The molecule has 2 aromatic carbocycles. The molecule has 0 amide bonds. The summed E-state index contributed by atoms with van der Waals surface area (Å²) in [4.78, 5) is 0.0798. The molecule has 3 aromatic rings. The van der Waals surface area contributed by atoms with Crippen LogP contribution in [0.4, 0.5) is 17.1 Å². The minimum atomic E-state index is -3.75. The highest BCUT2D eigenvalue weighted by molar-refractivity contribution is 7.92. The summed E-state index contributed by atoms with van der Waals surface area (Å²) in [5, 5.41) is 7.17. The second-order valence-corrected chi connectivity index (χ2v) is 8.77. The first-order chi connectivity index (χ1) is 13.2. The zero-order valence-electron chi connectivity index (χ0n) is 16.7. The van der Waals surface area contributed by atoms with Crippen LogP contribution < -0.4 is 10.0 Å². The first-order valence-electron chi connectivity index (χ1n) is 9.11. The van der Waals surface area contributed by atoms with Gasteiger partial charge in [-0.25, -0.2) is 8.42 Å². The molecule has 0 saturated carbocycles. The third-order valence-corrected chi connectivity index (χ3v) is 6.19. The predicted molar refractivity (Wildman–Crippen MR) is 112 cm³/mol. The van der Waals surface area contributed by atoms with Crippen molar-refractivity contribution in [2.45, 2.75) is 45.4 Å². The third kappa shape index (κ3) is 4.04. The third-order valence-electron chi connectivity index (χ3n) is 4.57. The van der Waals surface area contributed by atoms with E-state index in [0.717, 1.165) is 16.9 Å².